The molecule has 1 aromatic carbocycles. The average molecular weight is 570 g/mol. The lowest BCUT2D eigenvalue weighted by Gasteiger charge is -2.63. The Bertz CT molecular complexity index is 1370. The third-order valence-corrected chi connectivity index (χ3v) is 10.2. The number of carbonyl (C=O) groups is 2. The normalized spacial score (nSPS) is 37.3. The van der Waals surface area contributed by atoms with E-state index in [0.717, 1.165) is 62.2 Å². The minimum atomic E-state index is -5.10. The minimum Gasteiger partial charge on any atom is -0.425 e. The molecule has 9 heteroatoms. The van der Waals surface area contributed by atoms with E-state index in [0.29, 0.717) is 12.0 Å². The molecular formula is C32H36F3N2O4+. The molecule has 0 radical (unpaired) electrons. The van der Waals surface area contributed by atoms with Gasteiger partial charge < -0.3 is 19.3 Å². The first kappa shape index (κ1) is 28.0. The lowest BCUT2D eigenvalue weighted by atomic mass is 9.46. The number of rotatable bonds is 6. The lowest BCUT2D eigenvalue weighted by Crippen LogP contribution is -2.71. The van der Waals surface area contributed by atoms with Gasteiger partial charge in [-0.1, -0.05) is 61.1 Å². The molecule has 5 aliphatic rings. The van der Waals surface area contributed by atoms with Crippen molar-refractivity contribution in [1.82, 2.24) is 5.32 Å². The average Bonchev–Trinajstić information content (AvgIpc) is 3.19. The largest absolute Gasteiger partial charge is 0.425 e. The number of allylic oxidation sites excluding steroid dienone is 2. The predicted octanol–water partition coefficient (Wildman–Crippen LogP) is 5.44. The monoisotopic (exact) mass is 569 g/mol. The van der Waals surface area contributed by atoms with Crippen LogP contribution in [0.15, 0.2) is 72.4 Å². The topological polar surface area (TPSA) is 64.6 Å². The fraction of sp³-hybridized carbons (Fsp3) is 0.500. The number of ether oxygens (including phenoxy) is 2. The first-order valence-electron chi connectivity index (χ1n) is 14.3. The molecule has 1 amide bonds. The zero-order valence-electron chi connectivity index (χ0n) is 23.4. The number of esters is 1. The fourth-order valence-electron chi connectivity index (χ4n) is 8.87. The number of benzene rings is 1. The maximum absolute atomic E-state index is 14.7. The van der Waals surface area contributed by atoms with Gasteiger partial charge in [0.25, 0.3) is 5.91 Å². The summed E-state index contributed by atoms with van der Waals surface area (Å²) >= 11 is 0. The Balaban J connectivity index is 1.44. The summed E-state index contributed by atoms with van der Waals surface area (Å²) in [5.41, 5.74) is -2.16. The van der Waals surface area contributed by atoms with Gasteiger partial charge in [0.1, 0.15) is 0 Å². The van der Waals surface area contributed by atoms with Crippen molar-refractivity contribution in [2.75, 3.05) is 20.1 Å². The van der Waals surface area contributed by atoms with Gasteiger partial charge in [-0.2, -0.15) is 13.2 Å². The van der Waals surface area contributed by atoms with Crippen molar-refractivity contribution in [3.05, 3.63) is 77.9 Å². The molecule has 6 nitrogen and oxygen atoms in total. The van der Waals surface area contributed by atoms with E-state index < -0.39 is 35.1 Å². The standard InChI is InChI=1S/C32H35F3N2O4/c1-4-17-37(3)18-16-30-23-13-8-14-25(30)41-31(15-9-12-22(28(30)31)19-24(23)37)36-29(39)26(32(33,34)35)27(40-20(2)38)21-10-6-5-7-11-21/h4-7,9-12,15,23-25,28H,1,8,13-14,16-19H2,2-3H3/p+1/t23-,24+,25-,28?,30+,31?,37?/m0/s1. The molecule has 7 atom stereocenters. The van der Waals surface area contributed by atoms with Crippen molar-refractivity contribution in [1.29, 1.82) is 0 Å². The molecule has 2 aliphatic heterocycles. The van der Waals surface area contributed by atoms with Gasteiger partial charge in [0, 0.05) is 42.6 Å². The molecule has 2 heterocycles. The zero-order valence-corrected chi connectivity index (χ0v) is 23.4. The van der Waals surface area contributed by atoms with Crippen molar-refractivity contribution in [3.8, 4) is 0 Å². The molecule has 3 aliphatic carbocycles. The van der Waals surface area contributed by atoms with Gasteiger partial charge in [-0.3, -0.25) is 9.59 Å². The maximum atomic E-state index is 14.7. The molecule has 2 saturated heterocycles. The van der Waals surface area contributed by atoms with Crippen LogP contribution in [-0.4, -0.2) is 60.5 Å². The molecule has 3 unspecified atom stereocenters. The van der Waals surface area contributed by atoms with E-state index in [2.05, 4.69) is 25.0 Å². The summed E-state index contributed by atoms with van der Waals surface area (Å²) in [6.45, 7) is 6.80. The summed E-state index contributed by atoms with van der Waals surface area (Å²) in [5, 5.41) is 2.73. The number of hydrogen-bond donors (Lipinski definition) is 1. The number of alkyl halides is 3. The smallest absolute Gasteiger partial charge is 0.425 e. The molecule has 1 spiro atoms. The first-order chi connectivity index (χ1) is 19.4. The third-order valence-electron chi connectivity index (χ3n) is 10.2. The number of piperidine rings is 1. The highest BCUT2D eigenvalue weighted by atomic mass is 19.4. The SMILES string of the molecule is C=CC[N+]1(C)CC[C@]23C4C5=CC=CC4(NC(=O)C(=C(OC(C)=O)c4ccccc4)C(F)(F)F)O[C@H]2CCC[C@H]3[C@H]1C5. The van der Waals surface area contributed by atoms with E-state index in [1.54, 1.807) is 18.2 Å². The van der Waals surface area contributed by atoms with E-state index >= 15 is 0 Å². The van der Waals surface area contributed by atoms with Gasteiger partial charge in [-0.15, -0.1) is 0 Å². The number of amides is 1. The van der Waals surface area contributed by atoms with E-state index in [1.807, 2.05) is 6.08 Å². The van der Waals surface area contributed by atoms with E-state index in [9.17, 15) is 22.8 Å². The molecule has 1 aromatic rings. The molecule has 2 bridgehead atoms. The Morgan fingerprint density at radius 1 is 1.24 bits per heavy atom. The quantitative estimate of drug-likeness (QED) is 0.163. The molecular weight excluding hydrogens is 533 g/mol. The van der Waals surface area contributed by atoms with Gasteiger partial charge in [-0.05, 0) is 25.0 Å². The van der Waals surface area contributed by atoms with Crippen LogP contribution in [0.5, 0.6) is 0 Å². The molecule has 6 rings (SSSR count). The summed E-state index contributed by atoms with van der Waals surface area (Å²) in [6.07, 6.45) is 6.75. The number of likely N-dealkylation sites (tertiary alicyclic amines) is 1. The number of carbonyl (C=O) groups excluding carboxylic acids is 2. The Morgan fingerprint density at radius 2 is 2.00 bits per heavy atom. The number of quaternary nitrogens is 1. The van der Waals surface area contributed by atoms with Crippen molar-refractivity contribution in [3.63, 3.8) is 0 Å². The van der Waals surface area contributed by atoms with Gasteiger partial charge in [0.05, 0.1) is 32.3 Å². The van der Waals surface area contributed by atoms with Crippen molar-refractivity contribution >= 4 is 17.6 Å². The predicted molar refractivity (Wildman–Crippen MR) is 147 cm³/mol. The zero-order chi connectivity index (χ0) is 29.2. The molecule has 0 aromatic heterocycles. The van der Waals surface area contributed by atoms with Gasteiger partial charge in [0.2, 0.25) is 0 Å². The number of nitrogens with one attached hydrogen (secondary N) is 1. The molecule has 2 saturated carbocycles. The van der Waals surface area contributed by atoms with Crippen molar-refractivity contribution in [2.24, 2.45) is 17.3 Å². The van der Waals surface area contributed by atoms with E-state index in [1.165, 1.54) is 24.3 Å². The summed E-state index contributed by atoms with van der Waals surface area (Å²) in [7, 11) is 2.29. The number of likely N-dealkylation sites (N-methyl/N-ethyl adjacent to an activating group) is 1. The number of nitrogens with zero attached hydrogens (tertiary/aromatic N) is 1. The van der Waals surface area contributed by atoms with Crippen molar-refractivity contribution in [2.45, 2.75) is 63.1 Å². The van der Waals surface area contributed by atoms with E-state index in [4.69, 9.17) is 9.47 Å². The Kier molecular flexibility index (Phi) is 6.62. The maximum Gasteiger partial charge on any atom is 0.425 e. The summed E-state index contributed by atoms with van der Waals surface area (Å²) in [6, 6.07) is 7.79. The first-order valence-corrected chi connectivity index (χ1v) is 14.3. The number of hydrogen-bond acceptors (Lipinski definition) is 4. The summed E-state index contributed by atoms with van der Waals surface area (Å²) in [5.74, 6) is -3.09. The minimum absolute atomic E-state index is 0.0193. The fourth-order valence-corrected chi connectivity index (χ4v) is 8.87. The Morgan fingerprint density at radius 3 is 2.68 bits per heavy atom. The van der Waals surface area contributed by atoms with Crippen LogP contribution in [0.25, 0.3) is 5.76 Å². The molecule has 1 N–H and O–H groups in total. The van der Waals surface area contributed by atoms with Crippen molar-refractivity contribution < 1.29 is 36.7 Å². The molecule has 218 valence electrons. The van der Waals surface area contributed by atoms with Crippen LogP contribution in [0.3, 0.4) is 0 Å². The highest BCUT2D eigenvalue weighted by Gasteiger charge is 2.74. The van der Waals surface area contributed by atoms with Crippen LogP contribution in [0, 0.1) is 17.3 Å². The van der Waals surface area contributed by atoms with Crippen LogP contribution in [0.1, 0.15) is 44.6 Å². The van der Waals surface area contributed by atoms with Crippen LogP contribution in [0.2, 0.25) is 0 Å². The van der Waals surface area contributed by atoms with Crippen LogP contribution in [0.4, 0.5) is 13.2 Å². The van der Waals surface area contributed by atoms with Crippen LogP contribution < -0.4 is 5.32 Å². The van der Waals surface area contributed by atoms with Crippen LogP contribution in [-0.2, 0) is 19.1 Å². The second-order valence-corrected chi connectivity index (χ2v) is 12.4. The second kappa shape index (κ2) is 9.70. The molecule has 4 fully saturated rings. The number of halogens is 3. The highest BCUT2D eigenvalue weighted by Crippen LogP contribution is 2.69. The van der Waals surface area contributed by atoms with E-state index in [-0.39, 0.29) is 23.0 Å². The van der Waals surface area contributed by atoms with Gasteiger partial charge >= 0.3 is 12.1 Å². The highest BCUT2D eigenvalue weighted by molar-refractivity contribution is 6.03. The Hall–Kier alpha value is -3.17. The van der Waals surface area contributed by atoms with Gasteiger partial charge in [-0.25, -0.2) is 0 Å². The summed E-state index contributed by atoms with van der Waals surface area (Å²) < 4.78 is 56.7. The molecule has 41 heavy (non-hydrogen) atoms. The summed E-state index contributed by atoms with van der Waals surface area (Å²) in [4.78, 5) is 25.8. The van der Waals surface area contributed by atoms with Gasteiger partial charge in [0.15, 0.2) is 17.1 Å². The third kappa shape index (κ3) is 4.23. The Labute approximate surface area is 238 Å². The van der Waals surface area contributed by atoms with Crippen LogP contribution >= 0.6 is 0 Å². The lowest BCUT2D eigenvalue weighted by molar-refractivity contribution is -0.942. The second-order valence-electron chi connectivity index (χ2n) is 12.4.